The minimum Gasteiger partial charge on any atom is -0.462 e. The van der Waals surface area contributed by atoms with Crippen molar-refractivity contribution in [1.29, 1.82) is 5.26 Å². The first-order valence-corrected chi connectivity index (χ1v) is 6.14. The Balaban J connectivity index is 3.26. The minimum atomic E-state index is -4.54. The van der Waals surface area contributed by atoms with Crippen molar-refractivity contribution in [1.82, 2.24) is 0 Å². The average Bonchev–Trinajstić information content (AvgIpc) is 2.29. The number of carbonyl (C=O) groups is 1. The third-order valence-corrected chi connectivity index (χ3v) is 3.13. The average molecular weight is 310 g/mol. The number of hydrogen-bond donors (Lipinski definition) is 0. The fraction of sp³-hybridized carbons (Fsp3) is 0.273. The minimum absolute atomic E-state index is 0.0497. The van der Waals surface area contributed by atoms with Crippen LogP contribution in [-0.2, 0) is 4.74 Å². The third-order valence-electron chi connectivity index (χ3n) is 1.91. The Morgan fingerprint density at radius 1 is 1.53 bits per heavy atom. The Kier molecular flexibility index (Phi) is 5.09. The Morgan fingerprint density at radius 2 is 2.16 bits per heavy atom. The van der Waals surface area contributed by atoms with Gasteiger partial charge in [-0.3, -0.25) is 0 Å². The molecule has 0 saturated carbocycles. The van der Waals surface area contributed by atoms with E-state index in [9.17, 15) is 18.0 Å². The number of benzene rings is 1. The van der Waals surface area contributed by atoms with E-state index in [1.807, 2.05) is 0 Å². The molecule has 0 unspecified atom stereocenters. The van der Waals surface area contributed by atoms with Gasteiger partial charge in [-0.15, -0.1) is 0 Å². The molecule has 0 N–H and O–H groups in total. The van der Waals surface area contributed by atoms with Crippen molar-refractivity contribution >= 4 is 29.3 Å². The van der Waals surface area contributed by atoms with Crippen LogP contribution in [0.5, 0.6) is 0 Å². The largest absolute Gasteiger partial charge is 0.462 e. The van der Waals surface area contributed by atoms with E-state index in [0.717, 1.165) is 12.1 Å². The summed E-state index contributed by atoms with van der Waals surface area (Å²) >= 11 is 5.19. The smallest absolute Gasteiger partial charge is 0.446 e. The molecule has 0 aliphatic carbocycles. The molecule has 0 atom stereocenters. The predicted molar refractivity (Wildman–Crippen MR) is 64.0 cm³/mol. The molecule has 1 aromatic rings. The number of rotatable bonds is 3. The molecule has 0 fully saturated rings. The molecule has 0 aromatic heterocycles. The summed E-state index contributed by atoms with van der Waals surface area (Å²) < 4.78 is 41.6. The molecule has 0 saturated heterocycles. The third kappa shape index (κ3) is 4.33. The van der Waals surface area contributed by atoms with Gasteiger partial charge in [0.15, 0.2) is 0 Å². The summed E-state index contributed by atoms with van der Waals surface area (Å²) in [5.74, 6) is -0.861. The summed E-state index contributed by atoms with van der Waals surface area (Å²) in [4.78, 5) is 11.2. The summed E-state index contributed by atoms with van der Waals surface area (Å²) in [7, 11) is 0. The topological polar surface area (TPSA) is 50.1 Å². The van der Waals surface area contributed by atoms with E-state index in [4.69, 9.17) is 16.9 Å². The van der Waals surface area contributed by atoms with E-state index in [-0.39, 0.29) is 27.7 Å². The number of esters is 1. The van der Waals surface area contributed by atoms with Gasteiger partial charge in [-0.05, 0) is 30.8 Å². The molecular weight excluding hydrogens is 303 g/mol. The standard InChI is InChI=1S/C11H7ClF3NO2S/c1-2-18-10(17)7-4-9(19-11(13,14)15)8(12)3-6(7)5-16/h3-4H,2H2,1H3. The maximum atomic E-state index is 12.3. The second-order valence-corrected chi connectivity index (χ2v) is 4.72. The van der Waals surface area contributed by atoms with Gasteiger partial charge in [-0.2, -0.15) is 18.4 Å². The number of alkyl halides is 3. The molecule has 1 aromatic carbocycles. The number of hydrogen-bond acceptors (Lipinski definition) is 4. The van der Waals surface area contributed by atoms with E-state index in [1.54, 1.807) is 13.0 Å². The molecular formula is C11H7ClF3NO2S. The van der Waals surface area contributed by atoms with Crippen molar-refractivity contribution in [3.05, 3.63) is 28.3 Å². The molecule has 0 bridgehead atoms. The van der Waals surface area contributed by atoms with E-state index < -0.39 is 23.2 Å². The first kappa shape index (κ1) is 15.7. The van der Waals surface area contributed by atoms with E-state index >= 15 is 0 Å². The Morgan fingerprint density at radius 3 is 2.63 bits per heavy atom. The van der Waals surface area contributed by atoms with Gasteiger partial charge in [0.2, 0.25) is 0 Å². The molecule has 0 spiro atoms. The second-order valence-electron chi connectivity index (χ2n) is 3.21. The number of thioether (sulfide) groups is 1. The maximum absolute atomic E-state index is 12.3. The van der Waals surface area contributed by atoms with Crippen LogP contribution >= 0.6 is 23.4 Å². The molecule has 8 heteroatoms. The monoisotopic (exact) mass is 309 g/mol. The summed E-state index contributed by atoms with van der Waals surface area (Å²) in [6.07, 6.45) is 0. The Hall–Kier alpha value is -1.39. The normalized spacial score (nSPS) is 10.9. The number of carbonyl (C=O) groups excluding carboxylic acids is 1. The quantitative estimate of drug-likeness (QED) is 0.625. The molecule has 19 heavy (non-hydrogen) atoms. The van der Waals surface area contributed by atoms with Crippen LogP contribution in [0.4, 0.5) is 13.2 Å². The van der Waals surface area contributed by atoms with Gasteiger partial charge < -0.3 is 4.74 Å². The Bertz CT molecular complexity index is 540. The molecule has 0 amide bonds. The van der Waals surface area contributed by atoms with Crippen LogP contribution in [0.2, 0.25) is 5.02 Å². The lowest BCUT2D eigenvalue weighted by Crippen LogP contribution is -2.08. The Labute approximate surface area is 116 Å². The van der Waals surface area contributed by atoms with Crippen molar-refractivity contribution in [3.63, 3.8) is 0 Å². The maximum Gasteiger partial charge on any atom is 0.446 e. The van der Waals surface area contributed by atoms with Gasteiger partial charge in [0.1, 0.15) is 6.07 Å². The van der Waals surface area contributed by atoms with Crippen LogP contribution in [0, 0.1) is 11.3 Å². The summed E-state index contributed by atoms with van der Waals surface area (Å²) in [5, 5.41) is 8.59. The van der Waals surface area contributed by atoms with E-state index in [2.05, 4.69) is 4.74 Å². The predicted octanol–water partition coefficient (Wildman–Crippen LogP) is 4.00. The fourth-order valence-corrected chi connectivity index (χ4v) is 2.09. The molecule has 0 aliphatic heterocycles. The van der Waals surface area contributed by atoms with Crippen LogP contribution in [0.1, 0.15) is 22.8 Å². The van der Waals surface area contributed by atoms with Crippen LogP contribution in [0.25, 0.3) is 0 Å². The first-order chi connectivity index (χ1) is 8.78. The lowest BCUT2D eigenvalue weighted by molar-refractivity contribution is -0.0328. The summed E-state index contributed by atoms with van der Waals surface area (Å²) in [6.45, 7) is 1.60. The van der Waals surface area contributed by atoms with Gasteiger partial charge in [0, 0.05) is 4.90 Å². The molecule has 0 radical (unpaired) electrons. The van der Waals surface area contributed by atoms with E-state index in [0.29, 0.717) is 0 Å². The van der Waals surface area contributed by atoms with Crippen molar-refractivity contribution in [3.8, 4) is 6.07 Å². The van der Waals surface area contributed by atoms with E-state index in [1.165, 1.54) is 0 Å². The highest BCUT2D eigenvalue weighted by Gasteiger charge is 2.31. The van der Waals surface area contributed by atoms with Gasteiger partial charge in [0.25, 0.3) is 0 Å². The van der Waals surface area contributed by atoms with Gasteiger partial charge in [-0.1, -0.05) is 11.6 Å². The lowest BCUT2D eigenvalue weighted by Gasteiger charge is -2.10. The zero-order valence-electron chi connectivity index (χ0n) is 9.55. The van der Waals surface area contributed by atoms with Crippen LogP contribution in [-0.4, -0.2) is 18.1 Å². The van der Waals surface area contributed by atoms with Crippen molar-refractivity contribution in [2.45, 2.75) is 17.3 Å². The van der Waals surface area contributed by atoms with Crippen LogP contribution < -0.4 is 0 Å². The van der Waals surface area contributed by atoms with Crippen molar-refractivity contribution < 1.29 is 22.7 Å². The van der Waals surface area contributed by atoms with Crippen molar-refractivity contribution in [2.24, 2.45) is 0 Å². The highest BCUT2D eigenvalue weighted by Crippen LogP contribution is 2.41. The van der Waals surface area contributed by atoms with Gasteiger partial charge in [0.05, 0.1) is 22.8 Å². The zero-order valence-corrected chi connectivity index (χ0v) is 11.1. The van der Waals surface area contributed by atoms with Gasteiger partial charge >= 0.3 is 11.5 Å². The highest BCUT2D eigenvalue weighted by molar-refractivity contribution is 8.00. The molecule has 102 valence electrons. The number of nitrogens with zero attached hydrogens (tertiary/aromatic N) is 1. The fourth-order valence-electron chi connectivity index (χ4n) is 1.23. The molecule has 0 aliphatic rings. The molecule has 3 nitrogen and oxygen atoms in total. The number of ether oxygens (including phenoxy) is 1. The molecule has 0 heterocycles. The number of halogens is 4. The zero-order chi connectivity index (χ0) is 14.6. The van der Waals surface area contributed by atoms with Crippen LogP contribution in [0.15, 0.2) is 17.0 Å². The highest BCUT2D eigenvalue weighted by atomic mass is 35.5. The number of nitriles is 1. The summed E-state index contributed by atoms with van der Waals surface area (Å²) in [5.41, 5.74) is -4.90. The first-order valence-electron chi connectivity index (χ1n) is 4.95. The lowest BCUT2D eigenvalue weighted by atomic mass is 10.1. The van der Waals surface area contributed by atoms with Crippen molar-refractivity contribution in [2.75, 3.05) is 6.61 Å². The van der Waals surface area contributed by atoms with Crippen LogP contribution in [0.3, 0.4) is 0 Å². The summed E-state index contributed by atoms with van der Waals surface area (Å²) in [6, 6.07) is 3.62. The SMILES string of the molecule is CCOC(=O)c1cc(SC(F)(F)F)c(Cl)cc1C#N. The van der Waals surface area contributed by atoms with Gasteiger partial charge in [-0.25, -0.2) is 4.79 Å². The molecule has 1 rings (SSSR count). The second kappa shape index (κ2) is 6.17.